The summed E-state index contributed by atoms with van der Waals surface area (Å²) in [6.07, 6.45) is -0.353. The van der Waals surface area contributed by atoms with Crippen LogP contribution in [0.3, 0.4) is 0 Å². The van der Waals surface area contributed by atoms with Crippen molar-refractivity contribution in [3.8, 4) is 0 Å². The molecule has 0 aliphatic heterocycles. The number of allylic oxidation sites excluding steroid dienone is 1. The number of aldehydes is 1. The van der Waals surface area contributed by atoms with Gasteiger partial charge in [-0.1, -0.05) is 13.2 Å². The van der Waals surface area contributed by atoms with E-state index >= 15 is 0 Å². The summed E-state index contributed by atoms with van der Waals surface area (Å²) < 4.78 is 57.8. The van der Waals surface area contributed by atoms with Crippen LogP contribution in [0.2, 0.25) is 0 Å². The van der Waals surface area contributed by atoms with E-state index < -0.39 is 16.9 Å². The fourth-order valence-electron chi connectivity index (χ4n) is 1.42. The number of alkyl halides is 5. The van der Waals surface area contributed by atoms with Crippen LogP contribution in [0.4, 0.5) is 17.6 Å². The molecule has 0 saturated heterocycles. The number of rotatable bonds is 5. The molecule has 9 heteroatoms. The molecule has 1 atom stereocenters. The highest BCUT2D eigenvalue weighted by molar-refractivity contribution is 9.10. The zero-order valence-corrected chi connectivity index (χ0v) is 16.2. The molecule has 150 valence electrons. The maximum Gasteiger partial charge on any atom is 0.319 e. The summed E-state index contributed by atoms with van der Waals surface area (Å²) >= 11 is 2.03. The van der Waals surface area contributed by atoms with Crippen LogP contribution in [0.25, 0.3) is 0 Å². The standard InChI is InChI=1S/C9H10F2O2.C6H6O2.C3H3BrF2/c1-3-9(10,11)8(12)7-5-4-6(2)13-7;1-5-2-3-6(4-7)8-5;1-2-3(4,5)6/h3-5,8,12H,1H2,2H3;2-4H,1H3;2H,1H2. The monoisotopic (exact) mass is 454 g/mol. The van der Waals surface area contributed by atoms with Gasteiger partial charge in [0, 0.05) is 0 Å². The molecule has 0 radical (unpaired) electrons. The van der Waals surface area contributed by atoms with Gasteiger partial charge in [0.25, 0.3) is 5.92 Å². The molecule has 2 aromatic rings. The third kappa shape index (κ3) is 9.95. The van der Waals surface area contributed by atoms with E-state index in [9.17, 15) is 22.4 Å². The van der Waals surface area contributed by atoms with Crippen molar-refractivity contribution in [1.29, 1.82) is 0 Å². The van der Waals surface area contributed by atoms with Gasteiger partial charge in [-0.25, -0.2) is 0 Å². The van der Waals surface area contributed by atoms with Crippen molar-refractivity contribution in [3.63, 3.8) is 0 Å². The molecule has 0 aromatic carbocycles. The molecule has 27 heavy (non-hydrogen) atoms. The normalized spacial score (nSPS) is 12.0. The predicted molar refractivity (Wildman–Crippen MR) is 96.5 cm³/mol. The maximum absolute atomic E-state index is 12.8. The van der Waals surface area contributed by atoms with Gasteiger partial charge in [-0.15, -0.1) is 0 Å². The molecule has 4 nitrogen and oxygen atoms in total. The Kier molecular flexibility index (Phi) is 10.0. The Labute approximate surface area is 162 Å². The van der Waals surface area contributed by atoms with E-state index in [0.717, 1.165) is 5.76 Å². The van der Waals surface area contributed by atoms with E-state index in [1.54, 1.807) is 26.0 Å². The third-order valence-corrected chi connectivity index (χ3v) is 3.10. The predicted octanol–water partition coefficient (Wildman–Crippen LogP) is 6.00. The smallest absolute Gasteiger partial charge is 0.319 e. The lowest BCUT2D eigenvalue weighted by molar-refractivity contribution is -0.0805. The number of hydrogen-bond acceptors (Lipinski definition) is 4. The Morgan fingerprint density at radius 3 is 1.78 bits per heavy atom. The number of carbonyl (C=O) groups is 1. The number of aliphatic hydroxyl groups excluding tert-OH is 1. The highest BCUT2D eigenvalue weighted by Crippen LogP contribution is 2.32. The van der Waals surface area contributed by atoms with Gasteiger partial charge in [0.05, 0.1) is 0 Å². The highest BCUT2D eigenvalue weighted by atomic mass is 79.9. The van der Waals surface area contributed by atoms with Crippen LogP contribution in [0.5, 0.6) is 0 Å². The molecule has 2 heterocycles. The SMILES string of the molecule is C=CC(F)(F)Br.C=CC(F)(F)C(O)c1ccc(C)o1.Cc1ccc(C=O)o1. The molecule has 0 fully saturated rings. The summed E-state index contributed by atoms with van der Waals surface area (Å²) in [6, 6.07) is 6.22. The summed E-state index contributed by atoms with van der Waals surface area (Å²) in [6.45, 7) is 9.18. The molecule has 1 unspecified atom stereocenters. The minimum Gasteiger partial charge on any atom is -0.463 e. The summed E-state index contributed by atoms with van der Waals surface area (Å²) in [5, 5.41) is 9.15. The summed E-state index contributed by atoms with van der Waals surface area (Å²) in [5.41, 5.74) is 0. The van der Waals surface area contributed by atoms with Crippen LogP contribution in [0.15, 0.2) is 58.4 Å². The van der Waals surface area contributed by atoms with Gasteiger partial charge in [0.1, 0.15) is 17.3 Å². The van der Waals surface area contributed by atoms with Crippen molar-refractivity contribution in [3.05, 3.63) is 72.6 Å². The highest BCUT2D eigenvalue weighted by Gasteiger charge is 2.38. The second kappa shape index (κ2) is 10.9. The van der Waals surface area contributed by atoms with Crippen molar-refractivity contribution in [2.24, 2.45) is 0 Å². The first-order valence-corrected chi connectivity index (χ1v) is 8.13. The first-order valence-electron chi connectivity index (χ1n) is 7.34. The van der Waals surface area contributed by atoms with Crippen molar-refractivity contribution in [1.82, 2.24) is 0 Å². The molecular weight excluding hydrogens is 436 g/mol. The topological polar surface area (TPSA) is 63.6 Å². The molecule has 0 spiro atoms. The molecule has 0 bridgehead atoms. The van der Waals surface area contributed by atoms with E-state index in [-0.39, 0.29) is 5.76 Å². The van der Waals surface area contributed by atoms with Crippen LogP contribution in [0.1, 0.15) is 33.9 Å². The van der Waals surface area contributed by atoms with Crippen LogP contribution in [-0.2, 0) is 0 Å². The van der Waals surface area contributed by atoms with Crippen molar-refractivity contribution >= 4 is 22.2 Å². The zero-order valence-electron chi connectivity index (χ0n) is 14.6. The Balaban J connectivity index is 0.000000413. The molecule has 2 aromatic heterocycles. The van der Waals surface area contributed by atoms with Gasteiger partial charge < -0.3 is 13.9 Å². The Hall–Kier alpha value is -2.13. The van der Waals surface area contributed by atoms with Crippen LogP contribution >= 0.6 is 15.9 Å². The minimum absolute atomic E-state index is 0.151. The van der Waals surface area contributed by atoms with Gasteiger partial charge in [-0.3, -0.25) is 4.79 Å². The van der Waals surface area contributed by atoms with E-state index in [0.29, 0.717) is 30.0 Å². The molecule has 0 aliphatic rings. The Morgan fingerprint density at radius 2 is 1.52 bits per heavy atom. The quantitative estimate of drug-likeness (QED) is 0.260. The zero-order chi connectivity index (χ0) is 21.3. The molecule has 0 saturated carbocycles. The number of carbonyl (C=O) groups excluding carboxylic acids is 1. The Morgan fingerprint density at radius 1 is 1.04 bits per heavy atom. The first-order chi connectivity index (χ1) is 12.4. The van der Waals surface area contributed by atoms with E-state index in [2.05, 4.69) is 13.2 Å². The average Bonchev–Trinajstić information content (AvgIpc) is 3.22. The minimum atomic E-state index is -3.36. The summed E-state index contributed by atoms with van der Waals surface area (Å²) in [7, 11) is 0. The molecular formula is C18H19BrF4O4. The lowest BCUT2D eigenvalue weighted by Gasteiger charge is -2.16. The molecule has 2 rings (SSSR count). The van der Waals surface area contributed by atoms with Crippen LogP contribution in [0, 0.1) is 13.8 Å². The average molecular weight is 455 g/mol. The fourth-order valence-corrected chi connectivity index (χ4v) is 1.42. The van der Waals surface area contributed by atoms with E-state index in [1.807, 2.05) is 15.9 Å². The summed E-state index contributed by atoms with van der Waals surface area (Å²) in [5.74, 6) is -1.87. The molecule has 0 aliphatic carbocycles. The number of aliphatic hydroxyl groups is 1. The number of halogens is 5. The number of aryl methyl sites for hydroxylation is 2. The lowest BCUT2D eigenvalue weighted by atomic mass is 10.1. The van der Waals surface area contributed by atoms with Gasteiger partial charge in [-0.05, 0) is 66.2 Å². The molecule has 0 amide bonds. The van der Waals surface area contributed by atoms with Gasteiger partial charge in [0.15, 0.2) is 18.2 Å². The van der Waals surface area contributed by atoms with Crippen LogP contribution in [-0.4, -0.2) is 22.1 Å². The number of hydrogen-bond donors (Lipinski definition) is 1. The van der Waals surface area contributed by atoms with Gasteiger partial charge in [0.2, 0.25) is 0 Å². The van der Waals surface area contributed by atoms with Gasteiger partial charge >= 0.3 is 4.83 Å². The first kappa shape index (κ1) is 24.9. The van der Waals surface area contributed by atoms with Crippen molar-refractivity contribution in [2.45, 2.75) is 30.7 Å². The fraction of sp³-hybridized carbons (Fsp3) is 0.278. The molecule has 1 N–H and O–H groups in total. The lowest BCUT2D eigenvalue weighted by Crippen LogP contribution is -2.22. The van der Waals surface area contributed by atoms with Crippen LogP contribution < -0.4 is 0 Å². The van der Waals surface area contributed by atoms with E-state index in [4.69, 9.17) is 13.9 Å². The van der Waals surface area contributed by atoms with Crippen molar-refractivity contribution in [2.75, 3.05) is 0 Å². The third-order valence-electron chi connectivity index (χ3n) is 2.78. The maximum atomic E-state index is 12.8. The van der Waals surface area contributed by atoms with Crippen molar-refractivity contribution < 1.29 is 36.3 Å². The Bertz CT molecular complexity index is 732. The van der Waals surface area contributed by atoms with E-state index in [1.165, 1.54) is 12.1 Å². The summed E-state index contributed by atoms with van der Waals surface area (Å²) in [4.78, 5) is 7.04. The van der Waals surface area contributed by atoms with Gasteiger partial charge in [-0.2, -0.15) is 17.6 Å². The largest absolute Gasteiger partial charge is 0.463 e. The number of furan rings is 2. The second-order valence-electron chi connectivity index (χ2n) is 5.04. The second-order valence-corrected chi connectivity index (χ2v) is 6.10.